The van der Waals surface area contributed by atoms with Gasteiger partial charge in [-0.15, -0.1) is 0 Å². The van der Waals surface area contributed by atoms with Gasteiger partial charge >= 0.3 is 6.03 Å². The molecule has 24 heavy (non-hydrogen) atoms. The fraction of sp³-hybridized carbons (Fsp3) is 0.632. The molecule has 1 aromatic carbocycles. The highest BCUT2D eigenvalue weighted by molar-refractivity contribution is 5.74. The minimum absolute atomic E-state index is 0.167. The number of urea groups is 1. The van der Waals surface area contributed by atoms with E-state index in [1.165, 1.54) is 17.7 Å². The van der Waals surface area contributed by atoms with Gasteiger partial charge in [0.1, 0.15) is 5.82 Å². The maximum absolute atomic E-state index is 12.9. The zero-order valence-corrected chi connectivity index (χ0v) is 14.4. The number of carbonyl (C=O) groups excluding carboxylic acids is 1. The lowest BCUT2D eigenvalue weighted by atomic mass is 10.1. The van der Waals surface area contributed by atoms with Crippen molar-refractivity contribution in [3.05, 3.63) is 35.6 Å². The quantitative estimate of drug-likeness (QED) is 0.775. The molecule has 5 heteroatoms. The lowest BCUT2D eigenvalue weighted by Crippen LogP contribution is -2.52. The van der Waals surface area contributed by atoms with Crippen LogP contribution in [0.5, 0.6) is 0 Å². The minimum atomic E-state index is -0.167. The van der Waals surface area contributed by atoms with Crippen molar-refractivity contribution >= 4 is 6.03 Å². The summed E-state index contributed by atoms with van der Waals surface area (Å²) >= 11 is 0. The highest BCUT2D eigenvalue weighted by Gasteiger charge is 2.26. The van der Waals surface area contributed by atoms with Crippen LogP contribution in [0.25, 0.3) is 0 Å². The Labute approximate surface area is 144 Å². The van der Waals surface area contributed by atoms with E-state index >= 15 is 0 Å². The molecular weight excluding hydrogens is 305 g/mol. The number of unbranched alkanes of at least 4 members (excludes halogenated alkanes) is 1. The summed E-state index contributed by atoms with van der Waals surface area (Å²) in [6.45, 7) is 6.63. The average Bonchev–Trinajstić information content (AvgIpc) is 3.15. The Morgan fingerprint density at radius 1 is 0.875 bits per heavy atom. The first kappa shape index (κ1) is 17.2. The molecule has 0 radical (unpaired) electrons. The molecule has 0 aromatic heterocycles. The van der Waals surface area contributed by atoms with Crippen LogP contribution < -0.4 is 0 Å². The summed E-state index contributed by atoms with van der Waals surface area (Å²) in [4.78, 5) is 18.8. The summed E-state index contributed by atoms with van der Waals surface area (Å²) in [6.07, 6.45) is 5.59. The molecule has 3 rings (SSSR count). The van der Waals surface area contributed by atoms with Gasteiger partial charge in [-0.25, -0.2) is 9.18 Å². The van der Waals surface area contributed by atoms with Crippen LogP contribution in [0.15, 0.2) is 24.3 Å². The SMILES string of the molecule is O=C(N1CCCC1)N1CCN(CCCCc2ccc(F)cc2)CC1. The number of benzene rings is 1. The van der Waals surface area contributed by atoms with Crippen molar-refractivity contribution in [2.45, 2.75) is 32.1 Å². The van der Waals surface area contributed by atoms with Gasteiger partial charge in [0.05, 0.1) is 0 Å². The Kier molecular flexibility index (Phi) is 6.07. The molecule has 2 saturated heterocycles. The lowest BCUT2D eigenvalue weighted by Gasteiger charge is -2.36. The van der Waals surface area contributed by atoms with Crippen LogP contribution in [-0.4, -0.2) is 66.5 Å². The molecule has 132 valence electrons. The van der Waals surface area contributed by atoms with Crippen LogP contribution in [0, 0.1) is 5.82 Å². The number of amides is 2. The van der Waals surface area contributed by atoms with E-state index in [1.807, 2.05) is 21.9 Å². The third kappa shape index (κ3) is 4.69. The summed E-state index contributed by atoms with van der Waals surface area (Å²) in [5.41, 5.74) is 1.21. The number of hydrogen-bond acceptors (Lipinski definition) is 2. The molecule has 0 bridgehead atoms. The smallest absolute Gasteiger partial charge is 0.320 e. The standard InChI is InChI=1S/C19H28FN3O/c20-18-8-6-17(7-9-18)5-1-2-10-21-13-15-23(16-14-21)19(24)22-11-3-4-12-22/h6-9H,1-5,10-16H2. The zero-order chi connectivity index (χ0) is 16.8. The normalized spacial score (nSPS) is 19.0. The highest BCUT2D eigenvalue weighted by atomic mass is 19.1. The molecule has 2 aliphatic heterocycles. The summed E-state index contributed by atoms with van der Waals surface area (Å²) in [5, 5.41) is 0. The maximum atomic E-state index is 12.9. The molecule has 0 aliphatic carbocycles. The number of hydrogen-bond donors (Lipinski definition) is 0. The third-order valence-corrected chi connectivity index (χ3v) is 5.12. The monoisotopic (exact) mass is 333 g/mol. The first-order chi connectivity index (χ1) is 11.7. The van der Waals surface area contributed by atoms with E-state index in [1.54, 1.807) is 0 Å². The van der Waals surface area contributed by atoms with Gasteiger partial charge in [-0.3, -0.25) is 4.90 Å². The van der Waals surface area contributed by atoms with Crippen molar-refractivity contribution < 1.29 is 9.18 Å². The van der Waals surface area contributed by atoms with E-state index in [0.717, 1.165) is 77.9 Å². The summed E-state index contributed by atoms with van der Waals surface area (Å²) < 4.78 is 12.9. The molecule has 0 spiro atoms. The Bertz CT molecular complexity index is 520. The molecule has 0 atom stereocenters. The first-order valence-corrected chi connectivity index (χ1v) is 9.23. The number of halogens is 1. The number of rotatable bonds is 5. The van der Waals surface area contributed by atoms with Gasteiger partial charge in [0, 0.05) is 39.3 Å². The van der Waals surface area contributed by atoms with Gasteiger partial charge in [0.25, 0.3) is 0 Å². The predicted octanol–water partition coefficient (Wildman–Crippen LogP) is 2.98. The molecule has 2 aliphatic rings. The summed E-state index contributed by atoms with van der Waals surface area (Å²) in [6, 6.07) is 7.05. The number of likely N-dealkylation sites (tertiary alicyclic amines) is 1. The Balaban J connectivity index is 1.31. The van der Waals surface area contributed by atoms with Gasteiger partial charge in [-0.05, 0) is 56.3 Å². The van der Waals surface area contributed by atoms with Gasteiger partial charge < -0.3 is 9.80 Å². The van der Waals surface area contributed by atoms with E-state index in [0.29, 0.717) is 0 Å². The second-order valence-corrected chi connectivity index (χ2v) is 6.89. The van der Waals surface area contributed by atoms with E-state index in [4.69, 9.17) is 0 Å². The first-order valence-electron chi connectivity index (χ1n) is 9.23. The van der Waals surface area contributed by atoms with Crippen LogP contribution in [-0.2, 0) is 6.42 Å². The molecule has 2 heterocycles. The van der Waals surface area contributed by atoms with Crippen molar-refractivity contribution in [3.8, 4) is 0 Å². The average molecular weight is 333 g/mol. The Morgan fingerprint density at radius 3 is 2.17 bits per heavy atom. The topological polar surface area (TPSA) is 26.8 Å². The van der Waals surface area contributed by atoms with Gasteiger partial charge in [-0.1, -0.05) is 12.1 Å². The van der Waals surface area contributed by atoms with Crippen molar-refractivity contribution in [2.24, 2.45) is 0 Å². The van der Waals surface area contributed by atoms with Crippen LogP contribution >= 0.6 is 0 Å². The summed E-state index contributed by atoms with van der Waals surface area (Å²) in [7, 11) is 0. The summed E-state index contributed by atoms with van der Waals surface area (Å²) in [5.74, 6) is -0.167. The fourth-order valence-corrected chi connectivity index (χ4v) is 3.59. The van der Waals surface area contributed by atoms with Gasteiger partial charge in [0.2, 0.25) is 0 Å². The van der Waals surface area contributed by atoms with Crippen molar-refractivity contribution in [2.75, 3.05) is 45.8 Å². The Morgan fingerprint density at radius 2 is 1.50 bits per heavy atom. The number of nitrogens with zero attached hydrogens (tertiary/aromatic N) is 3. The second kappa shape index (κ2) is 8.47. The lowest BCUT2D eigenvalue weighted by molar-refractivity contribution is 0.117. The third-order valence-electron chi connectivity index (χ3n) is 5.12. The highest BCUT2D eigenvalue weighted by Crippen LogP contribution is 2.13. The number of aryl methyl sites for hydroxylation is 1. The van der Waals surface area contributed by atoms with Gasteiger partial charge in [0.15, 0.2) is 0 Å². The second-order valence-electron chi connectivity index (χ2n) is 6.89. The van der Waals surface area contributed by atoms with E-state index < -0.39 is 0 Å². The fourth-order valence-electron chi connectivity index (χ4n) is 3.59. The Hall–Kier alpha value is -1.62. The van der Waals surface area contributed by atoms with E-state index in [2.05, 4.69) is 4.90 Å². The molecule has 4 nitrogen and oxygen atoms in total. The van der Waals surface area contributed by atoms with Crippen LogP contribution in [0.3, 0.4) is 0 Å². The van der Waals surface area contributed by atoms with Gasteiger partial charge in [-0.2, -0.15) is 0 Å². The van der Waals surface area contributed by atoms with E-state index in [-0.39, 0.29) is 11.8 Å². The largest absolute Gasteiger partial charge is 0.325 e. The minimum Gasteiger partial charge on any atom is -0.325 e. The number of piperazine rings is 1. The molecule has 0 N–H and O–H groups in total. The van der Waals surface area contributed by atoms with Crippen molar-refractivity contribution in [1.82, 2.24) is 14.7 Å². The zero-order valence-electron chi connectivity index (χ0n) is 14.4. The molecular formula is C19H28FN3O. The predicted molar refractivity (Wildman–Crippen MR) is 93.6 cm³/mol. The van der Waals surface area contributed by atoms with Crippen molar-refractivity contribution in [1.29, 1.82) is 0 Å². The number of carbonyl (C=O) groups is 1. The van der Waals surface area contributed by atoms with Crippen LogP contribution in [0.1, 0.15) is 31.2 Å². The molecule has 2 fully saturated rings. The molecule has 2 amide bonds. The maximum Gasteiger partial charge on any atom is 0.320 e. The van der Waals surface area contributed by atoms with E-state index in [9.17, 15) is 9.18 Å². The molecule has 0 saturated carbocycles. The molecule has 1 aromatic rings. The molecule has 0 unspecified atom stereocenters. The van der Waals surface area contributed by atoms with Crippen LogP contribution in [0.2, 0.25) is 0 Å². The van der Waals surface area contributed by atoms with Crippen LogP contribution in [0.4, 0.5) is 9.18 Å². The van der Waals surface area contributed by atoms with Crippen molar-refractivity contribution in [3.63, 3.8) is 0 Å².